The number of carbonyl (C=O) groups excluding carboxylic acids is 2. The van der Waals surface area contributed by atoms with Crippen LogP contribution < -0.4 is 5.32 Å². The van der Waals surface area contributed by atoms with Crippen molar-refractivity contribution < 1.29 is 9.59 Å². The molecule has 3 fully saturated rings. The first-order valence-electron chi connectivity index (χ1n) is 12.5. The Kier molecular flexibility index (Phi) is 6.09. The Hall–Kier alpha value is -2.88. The summed E-state index contributed by atoms with van der Waals surface area (Å²) in [6, 6.07) is 20.6. The molecule has 172 valence electrons. The molecule has 1 unspecified atom stereocenters. The van der Waals surface area contributed by atoms with Gasteiger partial charge < -0.3 is 10.2 Å². The average molecular weight is 443 g/mol. The summed E-state index contributed by atoms with van der Waals surface area (Å²) in [5.74, 6) is 0.409. The van der Waals surface area contributed by atoms with Crippen molar-refractivity contribution in [2.24, 2.45) is 11.3 Å². The zero-order chi connectivity index (χ0) is 22.7. The highest BCUT2D eigenvalue weighted by Gasteiger charge is 2.58. The Morgan fingerprint density at radius 3 is 2.21 bits per heavy atom. The summed E-state index contributed by atoms with van der Waals surface area (Å²) in [5.41, 5.74) is 2.61. The van der Waals surface area contributed by atoms with Gasteiger partial charge in [-0.25, -0.2) is 0 Å². The minimum atomic E-state index is 0.0707. The zero-order valence-corrected chi connectivity index (χ0v) is 19.3. The first-order chi connectivity index (χ1) is 16.1. The number of amides is 2. The van der Waals surface area contributed by atoms with Gasteiger partial charge >= 0.3 is 0 Å². The summed E-state index contributed by atoms with van der Waals surface area (Å²) in [7, 11) is 0. The fourth-order valence-electron chi connectivity index (χ4n) is 6.07. The van der Waals surface area contributed by atoms with Gasteiger partial charge in [-0.2, -0.15) is 0 Å². The monoisotopic (exact) mass is 442 g/mol. The second-order valence-electron chi connectivity index (χ2n) is 10.3. The van der Waals surface area contributed by atoms with Crippen LogP contribution in [0.4, 0.5) is 0 Å². The van der Waals surface area contributed by atoms with Crippen LogP contribution in [0.2, 0.25) is 0 Å². The molecule has 1 atom stereocenters. The molecule has 1 saturated heterocycles. The SMILES string of the molecule is O=C(NCC1(c2ccccc2)CCCC1)C1CC12CCN(C(=O)C=Cc1ccccc1)CC2. The van der Waals surface area contributed by atoms with E-state index < -0.39 is 0 Å². The minimum Gasteiger partial charge on any atom is -0.355 e. The maximum Gasteiger partial charge on any atom is 0.246 e. The second-order valence-corrected chi connectivity index (χ2v) is 10.3. The molecule has 4 nitrogen and oxygen atoms in total. The van der Waals surface area contributed by atoms with Gasteiger partial charge in [-0.3, -0.25) is 9.59 Å². The van der Waals surface area contributed by atoms with Gasteiger partial charge in [0.2, 0.25) is 11.8 Å². The van der Waals surface area contributed by atoms with E-state index in [9.17, 15) is 9.59 Å². The molecule has 3 aliphatic rings. The lowest BCUT2D eigenvalue weighted by Gasteiger charge is -2.33. The van der Waals surface area contributed by atoms with Gasteiger partial charge in [0.1, 0.15) is 0 Å². The van der Waals surface area contributed by atoms with Gasteiger partial charge in [-0.05, 0) is 54.7 Å². The first-order valence-corrected chi connectivity index (χ1v) is 12.5. The summed E-state index contributed by atoms with van der Waals surface area (Å²) < 4.78 is 0. The molecule has 1 spiro atoms. The largest absolute Gasteiger partial charge is 0.355 e. The molecule has 33 heavy (non-hydrogen) atoms. The lowest BCUT2D eigenvalue weighted by atomic mass is 9.78. The molecule has 1 N–H and O–H groups in total. The molecule has 0 aromatic heterocycles. The van der Waals surface area contributed by atoms with Crippen molar-refractivity contribution in [2.45, 2.75) is 50.4 Å². The van der Waals surface area contributed by atoms with Gasteiger partial charge in [-0.1, -0.05) is 73.5 Å². The van der Waals surface area contributed by atoms with Crippen LogP contribution in [0, 0.1) is 11.3 Å². The number of rotatable bonds is 6. The molecule has 2 aromatic carbocycles. The number of piperidine rings is 1. The predicted molar refractivity (Wildman–Crippen MR) is 131 cm³/mol. The molecule has 2 aromatic rings. The zero-order valence-electron chi connectivity index (χ0n) is 19.3. The van der Waals surface area contributed by atoms with Crippen LogP contribution in [0.25, 0.3) is 6.08 Å². The summed E-state index contributed by atoms with van der Waals surface area (Å²) in [6.45, 7) is 2.24. The van der Waals surface area contributed by atoms with Crippen molar-refractivity contribution >= 4 is 17.9 Å². The highest BCUT2D eigenvalue weighted by atomic mass is 16.2. The summed E-state index contributed by atoms with van der Waals surface area (Å²) >= 11 is 0. The van der Waals surface area contributed by atoms with Crippen molar-refractivity contribution in [3.8, 4) is 0 Å². The molecule has 0 bridgehead atoms. The van der Waals surface area contributed by atoms with E-state index in [4.69, 9.17) is 0 Å². The molecule has 2 aliphatic carbocycles. The van der Waals surface area contributed by atoms with E-state index in [1.807, 2.05) is 41.3 Å². The molecule has 2 amide bonds. The fraction of sp³-hybridized carbons (Fsp3) is 0.448. The van der Waals surface area contributed by atoms with Crippen molar-refractivity contribution in [1.29, 1.82) is 0 Å². The summed E-state index contributed by atoms with van der Waals surface area (Å²) in [4.78, 5) is 27.6. The highest BCUT2D eigenvalue weighted by Crippen LogP contribution is 2.59. The van der Waals surface area contributed by atoms with Crippen LogP contribution in [0.15, 0.2) is 66.7 Å². The van der Waals surface area contributed by atoms with E-state index in [1.165, 1.54) is 18.4 Å². The van der Waals surface area contributed by atoms with Crippen molar-refractivity contribution in [3.05, 3.63) is 77.9 Å². The van der Waals surface area contributed by atoms with E-state index in [0.29, 0.717) is 0 Å². The maximum atomic E-state index is 13.1. The number of likely N-dealkylation sites (tertiary alicyclic amines) is 1. The first kappa shape index (κ1) is 21.9. The Bertz CT molecular complexity index is 1000. The Morgan fingerprint density at radius 1 is 0.909 bits per heavy atom. The van der Waals surface area contributed by atoms with Crippen molar-refractivity contribution in [3.63, 3.8) is 0 Å². The van der Waals surface area contributed by atoms with Crippen LogP contribution >= 0.6 is 0 Å². The normalized spacial score (nSPS) is 23.0. The topological polar surface area (TPSA) is 49.4 Å². The minimum absolute atomic E-state index is 0.0707. The Morgan fingerprint density at radius 2 is 1.55 bits per heavy atom. The quantitative estimate of drug-likeness (QED) is 0.643. The standard InChI is InChI=1S/C29H34N2O2/c32-26(14-13-23-9-3-1-4-10-23)31-19-17-28(18-20-31)21-25(28)27(33)30-22-29(15-7-8-16-29)24-11-5-2-6-12-24/h1-6,9-14,25H,7-8,15-22H2,(H,30,33). The third-order valence-electron chi connectivity index (χ3n) is 8.34. The molecular weight excluding hydrogens is 408 g/mol. The predicted octanol–water partition coefficient (Wildman–Crippen LogP) is 4.96. The third-order valence-corrected chi connectivity index (χ3v) is 8.34. The lowest BCUT2D eigenvalue weighted by Crippen LogP contribution is -2.42. The molecule has 2 saturated carbocycles. The van der Waals surface area contributed by atoms with E-state index in [2.05, 4.69) is 35.6 Å². The molecule has 1 aliphatic heterocycles. The average Bonchev–Trinajstić information content (AvgIpc) is 3.34. The van der Waals surface area contributed by atoms with E-state index >= 15 is 0 Å². The maximum absolute atomic E-state index is 13.1. The van der Waals surface area contributed by atoms with Crippen LogP contribution in [0.1, 0.15) is 56.1 Å². The van der Waals surface area contributed by atoms with E-state index in [0.717, 1.165) is 57.3 Å². The van der Waals surface area contributed by atoms with Gasteiger partial charge in [-0.15, -0.1) is 0 Å². The van der Waals surface area contributed by atoms with Crippen LogP contribution in [0.5, 0.6) is 0 Å². The van der Waals surface area contributed by atoms with Crippen LogP contribution in [-0.4, -0.2) is 36.3 Å². The summed E-state index contributed by atoms with van der Waals surface area (Å²) in [5, 5.41) is 3.34. The van der Waals surface area contributed by atoms with E-state index in [1.54, 1.807) is 6.08 Å². The highest BCUT2D eigenvalue weighted by molar-refractivity contribution is 5.92. The second kappa shape index (κ2) is 9.17. The Labute approximate surface area is 197 Å². The number of nitrogens with zero attached hydrogens (tertiary/aromatic N) is 1. The van der Waals surface area contributed by atoms with Gasteiger partial charge in [0.05, 0.1) is 0 Å². The molecular formula is C29H34N2O2. The number of nitrogens with one attached hydrogen (secondary N) is 1. The van der Waals surface area contributed by atoms with E-state index in [-0.39, 0.29) is 28.6 Å². The third kappa shape index (κ3) is 4.62. The lowest BCUT2D eigenvalue weighted by molar-refractivity contribution is -0.127. The van der Waals surface area contributed by atoms with Gasteiger partial charge in [0, 0.05) is 37.0 Å². The molecule has 4 heteroatoms. The smallest absolute Gasteiger partial charge is 0.246 e. The number of carbonyl (C=O) groups is 2. The molecule has 0 radical (unpaired) electrons. The number of hydrogen-bond acceptors (Lipinski definition) is 2. The van der Waals surface area contributed by atoms with Gasteiger partial charge in [0.15, 0.2) is 0 Å². The number of hydrogen-bond donors (Lipinski definition) is 1. The molecule has 5 rings (SSSR count). The Balaban J connectivity index is 1.13. The fourth-order valence-corrected chi connectivity index (χ4v) is 6.07. The summed E-state index contributed by atoms with van der Waals surface area (Å²) in [6.07, 6.45) is 11.2. The van der Waals surface area contributed by atoms with Crippen molar-refractivity contribution in [1.82, 2.24) is 10.2 Å². The number of benzene rings is 2. The van der Waals surface area contributed by atoms with Gasteiger partial charge in [0.25, 0.3) is 0 Å². The molecule has 1 heterocycles. The van der Waals surface area contributed by atoms with Crippen LogP contribution in [0.3, 0.4) is 0 Å². The van der Waals surface area contributed by atoms with Crippen LogP contribution in [-0.2, 0) is 15.0 Å². The van der Waals surface area contributed by atoms with Crippen molar-refractivity contribution in [2.75, 3.05) is 19.6 Å².